The van der Waals surface area contributed by atoms with Crippen molar-refractivity contribution in [2.45, 2.75) is 46.2 Å². The summed E-state index contributed by atoms with van der Waals surface area (Å²) >= 11 is 0. The number of carbonyl (C=O) groups excluding carboxylic acids is 2. The summed E-state index contributed by atoms with van der Waals surface area (Å²) in [5.74, 6) is 0.730. The van der Waals surface area contributed by atoms with E-state index in [-0.39, 0.29) is 17.9 Å². The van der Waals surface area contributed by atoms with Gasteiger partial charge < -0.3 is 14.5 Å². The Bertz CT molecular complexity index is 1450. The van der Waals surface area contributed by atoms with Crippen LogP contribution in [-0.4, -0.2) is 47.9 Å². The molecule has 41 heavy (non-hydrogen) atoms. The van der Waals surface area contributed by atoms with Gasteiger partial charge in [-0.3, -0.25) is 9.59 Å². The highest BCUT2D eigenvalue weighted by molar-refractivity contribution is 6.06. The molecule has 5 nitrogen and oxygen atoms in total. The first-order valence-corrected chi connectivity index (χ1v) is 14.4. The van der Waals surface area contributed by atoms with Crippen molar-refractivity contribution in [2.75, 3.05) is 20.2 Å². The first-order valence-electron chi connectivity index (χ1n) is 14.4. The molecule has 0 N–H and O–H groups in total. The van der Waals surface area contributed by atoms with Gasteiger partial charge in [-0.05, 0) is 73.2 Å². The van der Waals surface area contributed by atoms with Gasteiger partial charge in [0.15, 0.2) is 0 Å². The lowest BCUT2D eigenvalue weighted by Gasteiger charge is -2.28. The van der Waals surface area contributed by atoms with Gasteiger partial charge in [0.25, 0.3) is 11.8 Å². The van der Waals surface area contributed by atoms with Gasteiger partial charge in [-0.2, -0.15) is 0 Å². The van der Waals surface area contributed by atoms with Crippen LogP contribution in [0.3, 0.4) is 0 Å². The standard InChI is InChI=1S/C36H40N2O3/c1-5-23-37(24-22-28-16-13-17-30(25-28)41-4)35(39)33-20-11-9-18-31(33)32-19-10-12-21-34(32)36(40)38(27(2)3)26-29-14-7-6-8-15-29/h6-21,25,27H,5,22-24,26H2,1-4H3. The Morgan fingerprint density at radius 2 is 1.29 bits per heavy atom. The van der Waals surface area contributed by atoms with Crippen LogP contribution in [0.2, 0.25) is 0 Å². The lowest BCUT2D eigenvalue weighted by atomic mass is 9.93. The molecule has 0 unspecified atom stereocenters. The minimum absolute atomic E-state index is 0.00398. The number of nitrogens with zero attached hydrogens (tertiary/aromatic N) is 2. The highest BCUT2D eigenvalue weighted by atomic mass is 16.5. The van der Waals surface area contributed by atoms with Crippen LogP contribution in [0.15, 0.2) is 103 Å². The molecule has 0 aliphatic carbocycles. The molecular weight excluding hydrogens is 508 g/mol. The number of rotatable bonds is 12. The molecule has 0 radical (unpaired) electrons. The number of carbonyl (C=O) groups is 2. The van der Waals surface area contributed by atoms with E-state index in [0.29, 0.717) is 30.8 Å². The third-order valence-corrected chi connectivity index (χ3v) is 7.27. The van der Waals surface area contributed by atoms with E-state index in [0.717, 1.165) is 40.8 Å². The Morgan fingerprint density at radius 1 is 0.707 bits per heavy atom. The minimum atomic E-state index is -0.0508. The minimum Gasteiger partial charge on any atom is -0.497 e. The monoisotopic (exact) mass is 548 g/mol. The molecule has 0 saturated carbocycles. The molecule has 4 aromatic carbocycles. The average Bonchev–Trinajstić information content (AvgIpc) is 3.01. The number of amides is 2. The zero-order valence-corrected chi connectivity index (χ0v) is 24.5. The van der Waals surface area contributed by atoms with Crippen molar-refractivity contribution in [1.82, 2.24) is 9.80 Å². The molecule has 0 aliphatic heterocycles. The van der Waals surface area contributed by atoms with E-state index in [1.807, 2.05) is 121 Å². The lowest BCUT2D eigenvalue weighted by Crippen LogP contribution is -2.37. The molecule has 0 saturated heterocycles. The second-order valence-corrected chi connectivity index (χ2v) is 10.5. The van der Waals surface area contributed by atoms with Crippen LogP contribution in [0.1, 0.15) is 59.0 Å². The molecular formula is C36H40N2O3. The van der Waals surface area contributed by atoms with Crippen molar-refractivity contribution in [2.24, 2.45) is 0 Å². The summed E-state index contributed by atoms with van der Waals surface area (Å²) in [5, 5.41) is 0. The van der Waals surface area contributed by atoms with Crippen molar-refractivity contribution in [3.63, 3.8) is 0 Å². The summed E-state index contributed by atoms with van der Waals surface area (Å²) in [4.78, 5) is 31.9. The first-order chi connectivity index (χ1) is 19.9. The fraction of sp³-hybridized carbons (Fsp3) is 0.278. The zero-order valence-electron chi connectivity index (χ0n) is 24.5. The smallest absolute Gasteiger partial charge is 0.255 e. The van der Waals surface area contributed by atoms with Gasteiger partial charge in [-0.15, -0.1) is 0 Å². The molecule has 212 valence electrons. The Balaban J connectivity index is 1.65. The van der Waals surface area contributed by atoms with Gasteiger partial charge in [0.05, 0.1) is 7.11 Å². The van der Waals surface area contributed by atoms with E-state index in [4.69, 9.17) is 4.74 Å². The highest BCUT2D eigenvalue weighted by Gasteiger charge is 2.25. The van der Waals surface area contributed by atoms with Crippen molar-refractivity contribution in [1.29, 1.82) is 0 Å². The van der Waals surface area contributed by atoms with Gasteiger partial charge in [0, 0.05) is 36.8 Å². The fourth-order valence-electron chi connectivity index (χ4n) is 5.08. The number of methoxy groups -OCH3 is 1. The van der Waals surface area contributed by atoms with Gasteiger partial charge in [0.2, 0.25) is 0 Å². The molecule has 4 aromatic rings. The summed E-state index contributed by atoms with van der Waals surface area (Å²) < 4.78 is 5.37. The maximum Gasteiger partial charge on any atom is 0.255 e. The Hall–Kier alpha value is -4.38. The molecule has 0 spiro atoms. The van der Waals surface area contributed by atoms with Crippen LogP contribution in [0.5, 0.6) is 5.75 Å². The summed E-state index contributed by atoms with van der Waals surface area (Å²) in [5.41, 5.74) is 4.93. The average molecular weight is 549 g/mol. The summed E-state index contributed by atoms with van der Waals surface area (Å²) in [6, 6.07) is 33.3. The van der Waals surface area contributed by atoms with Gasteiger partial charge in [0.1, 0.15) is 5.75 Å². The predicted molar refractivity (Wildman–Crippen MR) is 166 cm³/mol. The third kappa shape index (κ3) is 7.43. The number of ether oxygens (including phenoxy) is 1. The van der Waals surface area contributed by atoms with Crippen molar-refractivity contribution >= 4 is 11.8 Å². The largest absolute Gasteiger partial charge is 0.497 e. The van der Waals surface area contributed by atoms with E-state index in [1.165, 1.54) is 0 Å². The second-order valence-electron chi connectivity index (χ2n) is 10.5. The Kier molecular flexibility index (Phi) is 10.3. The summed E-state index contributed by atoms with van der Waals surface area (Å²) in [6.45, 7) is 7.90. The van der Waals surface area contributed by atoms with Crippen LogP contribution in [-0.2, 0) is 13.0 Å². The van der Waals surface area contributed by atoms with Crippen LogP contribution in [0.25, 0.3) is 11.1 Å². The fourth-order valence-corrected chi connectivity index (χ4v) is 5.08. The van der Waals surface area contributed by atoms with Gasteiger partial charge >= 0.3 is 0 Å². The Labute approximate surface area is 244 Å². The number of hydrogen-bond acceptors (Lipinski definition) is 3. The first kappa shape index (κ1) is 29.6. The zero-order chi connectivity index (χ0) is 29.2. The topological polar surface area (TPSA) is 49.9 Å². The van der Waals surface area contributed by atoms with Crippen LogP contribution < -0.4 is 4.74 Å². The van der Waals surface area contributed by atoms with Gasteiger partial charge in [-0.25, -0.2) is 0 Å². The molecule has 4 rings (SSSR count). The molecule has 0 aromatic heterocycles. The van der Waals surface area contributed by atoms with Crippen LogP contribution in [0.4, 0.5) is 0 Å². The number of hydrogen-bond donors (Lipinski definition) is 0. The molecule has 0 aliphatic rings. The van der Waals surface area contributed by atoms with E-state index >= 15 is 0 Å². The van der Waals surface area contributed by atoms with E-state index in [9.17, 15) is 9.59 Å². The van der Waals surface area contributed by atoms with E-state index in [2.05, 4.69) is 13.0 Å². The van der Waals surface area contributed by atoms with Crippen molar-refractivity contribution in [3.05, 3.63) is 125 Å². The SMILES string of the molecule is CCCN(CCc1cccc(OC)c1)C(=O)c1ccccc1-c1ccccc1C(=O)N(Cc1ccccc1)C(C)C. The third-order valence-electron chi connectivity index (χ3n) is 7.27. The van der Waals surface area contributed by atoms with Crippen molar-refractivity contribution < 1.29 is 14.3 Å². The van der Waals surface area contributed by atoms with Crippen LogP contribution >= 0.6 is 0 Å². The predicted octanol–water partition coefficient (Wildman–Crippen LogP) is 7.51. The van der Waals surface area contributed by atoms with E-state index in [1.54, 1.807) is 7.11 Å². The summed E-state index contributed by atoms with van der Waals surface area (Å²) in [6.07, 6.45) is 1.58. The second kappa shape index (κ2) is 14.3. The van der Waals surface area contributed by atoms with Crippen molar-refractivity contribution in [3.8, 4) is 16.9 Å². The molecule has 2 amide bonds. The normalized spacial score (nSPS) is 10.9. The quantitative estimate of drug-likeness (QED) is 0.184. The highest BCUT2D eigenvalue weighted by Crippen LogP contribution is 2.30. The molecule has 5 heteroatoms. The summed E-state index contributed by atoms with van der Waals surface area (Å²) in [7, 11) is 1.66. The maximum atomic E-state index is 14.0. The molecule has 0 fully saturated rings. The molecule has 0 bridgehead atoms. The van der Waals surface area contributed by atoms with Crippen LogP contribution in [0, 0.1) is 0 Å². The molecule has 0 atom stereocenters. The molecule has 0 heterocycles. The lowest BCUT2D eigenvalue weighted by molar-refractivity contribution is 0.0689. The Morgan fingerprint density at radius 3 is 1.90 bits per heavy atom. The van der Waals surface area contributed by atoms with Gasteiger partial charge in [-0.1, -0.05) is 85.8 Å². The number of benzene rings is 4. The van der Waals surface area contributed by atoms with E-state index < -0.39 is 0 Å². The maximum absolute atomic E-state index is 14.0.